The molecule has 10 nitrogen and oxygen atoms in total. The molecule has 2 aromatic rings. The van der Waals surface area contributed by atoms with E-state index in [-0.39, 0.29) is 38.3 Å². The number of aliphatic carboxylic acids is 1. The van der Waals surface area contributed by atoms with Gasteiger partial charge >= 0.3 is 5.97 Å². The van der Waals surface area contributed by atoms with Crippen molar-refractivity contribution in [2.75, 3.05) is 13.2 Å². The van der Waals surface area contributed by atoms with Crippen LogP contribution >= 0.6 is 11.3 Å². The normalized spacial score (nSPS) is 18.3. The Morgan fingerprint density at radius 3 is 2.62 bits per heavy atom. The second kappa shape index (κ2) is 12.8. The number of aryl methyl sites for hydroxylation is 1. The van der Waals surface area contributed by atoms with Crippen LogP contribution in [0.4, 0.5) is 4.39 Å². The summed E-state index contributed by atoms with van der Waals surface area (Å²) in [4.78, 5) is 57.2. The molecule has 2 aliphatic rings. The summed E-state index contributed by atoms with van der Waals surface area (Å²) in [5.74, 6) is -1.88. The largest absolute Gasteiger partial charge is 0.493 e. The van der Waals surface area contributed by atoms with Crippen molar-refractivity contribution in [1.82, 2.24) is 20.5 Å². The van der Waals surface area contributed by atoms with Gasteiger partial charge in [0.2, 0.25) is 11.8 Å². The van der Waals surface area contributed by atoms with Gasteiger partial charge in [-0.25, -0.2) is 9.37 Å². The number of hydrogen-bond acceptors (Lipinski definition) is 7. The molecule has 2 fully saturated rings. The van der Waals surface area contributed by atoms with Crippen LogP contribution in [0.2, 0.25) is 0 Å². The summed E-state index contributed by atoms with van der Waals surface area (Å²) in [6.45, 7) is 8.01. The van der Waals surface area contributed by atoms with Gasteiger partial charge in [0.1, 0.15) is 17.8 Å². The molecule has 1 unspecified atom stereocenters. The van der Waals surface area contributed by atoms with Crippen molar-refractivity contribution in [3.8, 4) is 16.2 Å². The van der Waals surface area contributed by atoms with Crippen molar-refractivity contribution in [2.24, 2.45) is 5.41 Å². The number of halogens is 1. The van der Waals surface area contributed by atoms with E-state index in [1.807, 2.05) is 25.1 Å². The zero-order valence-corrected chi connectivity index (χ0v) is 25.3. The molecular weight excluding hydrogens is 563 g/mol. The quantitative estimate of drug-likeness (QED) is 0.312. The Labute approximate surface area is 249 Å². The highest BCUT2D eigenvalue weighted by Crippen LogP contribution is 2.40. The highest BCUT2D eigenvalue weighted by atomic mass is 32.1. The van der Waals surface area contributed by atoms with Crippen molar-refractivity contribution in [1.29, 1.82) is 0 Å². The highest BCUT2D eigenvalue weighted by molar-refractivity contribution is 7.13. The zero-order chi connectivity index (χ0) is 30.7. The number of ether oxygens (including phenoxy) is 1. The predicted molar refractivity (Wildman–Crippen MR) is 156 cm³/mol. The van der Waals surface area contributed by atoms with Gasteiger partial charge in [-0.2, -0.15) is 0 Å². The number of nitrogens with zero attached hydrogens (tertiary/aromatic N) is 2. The number of amides is 3. The molecule has 3 N–H and O–H groups in total. The third-order valence-corrected chi connectivity index (χ3v) is 8.62. The maximum Gasteiger partial charge on any atom is 0.303 e. The number of hydrogen-bond donors (Lipinski definition) is 3. The molecular formula is C30H39FN4O6S. The van der Waals surface area contributed by atoms with E-state index < -0.39 is 41.0 Å². The fourth-order valence-corrected chi connectivity index (χ4v) is 5.78. The van der Waals surface area contributed by atoms with Gasteiger partial charge in [-0.3, -0.25) is 19.2 Å². The number of rotatable bonds is 12. The second-order valence-corrected chi connectivity index (χ2v) is 12.9. The van der Waals surface area contributed by atoms with Crippen molar-refractivity contribution < 1.29 is 33.4 Å². The molecule has 1 saturated carbocycles. The van der Waals surface area contributed by atoms with Crippen LogP contribution in [0.15, 0.2) is 23.7 Å². The standard InChI is InChI=1S/C30H39FN4O6S/c1-18-24(42-17-33-18)19-9-10-20(22(15-19)41-14-6-8-23(36)37)16-32-26(38)21-7-5-13-35(21)27(39)25(29(2,3)4)34-28(40)30(31)11-12-30/h9-10,15,17,21,25H,5-8,11-14,16H2,1-4H3,(H,32,38)(H,34,40)(H,36,37)/t21-,25?/m0/s1. The zero-order valence-electron chi connectivity index (χ0n) is 24.5. The molecule has 228 valence electrons. The van der Waals surface area contributed by atoms with Crippen molar-refractivity contribution in [2.45, 2.75) is 90.5 Å². The first-order chi connectivity index (χ1) is 19.8. The Morgan fingerprint density at radius 1 is 1.26 bits per heavy atom. The number of benzene rings is 1. The van der Waals surface area contributed by atoms with Gasteiger partial charge < -0.3 is 25.4 Å². The van der Waals surface area contributed by atoms with E-state index >= 15 is 0 Å². The number of thiazole rings is 1. The van der Waals surface area contributed by atoms with E-state index in [0.717, 1.165) is 16.1 Å². The summed E-state index contributed by atoms with van der Waals surface area (Å²) in [7, 11) is 0. The lowest BCUT2D eigenvalue weighted by atomic mass is 9.85. The predicted octanol–water partition coefficient (Wildman–Crippen LogP) is 4.00. The number of carboxylic acids is 1. The minimum absolute atomic E-state index is 0.0203. The van der Waals surface area contributed by atoms with Crippen molar-refractivity contribution in [3.63, 3.8) is 0 Å². The molecule has 4 rings (SSSR count). The highest BCUT2D eigenvalue weighted by Gasteiger charge is 2.53. The molecule has 2 heterocycles. The first-order valence-electron chi connectivity index (χ1n) is 14.3. The van der Waals surface area contributed by atoms with Gasteiger partial charge in [-0.15, -0.1) is 11.3 Å². The van der Waals surface area contributed by atoms with Gasteiger partial charge in [0, 0.05) is 25.1 Å². The lowest BCUT2D eigenvalue weighted by Gasteiger charge is -2.35. The number of carbonyl (C=O) groups is 4. The number of likely N-dealkylation sites (tertiary alicyclic amines) is 1. The minimum atomic E-state index is -1.91. The first kappa shape index (κ1) is 31.4. The Balaban J connectivity index is 1.46. The summed E-state index contributed by atoms with van der Waals surface area (Å²) >= 11 is 1.50. The Kier molecular flexibility index (Phi) is 9.54. The summed E-state index contributed by atoms with van der Waals surface area (Å²) in [6, 6.07) is 3.95. The van der Waals surface area contributed by atoms with E-state index in [2.05, 4.69) is 15.6 Å². The molecule has 0 radical (unpaired) electrons. The smallest absolute Gasteiger partial charge is 0.303 e. The molecule has 2 atom stereocenters. The van der Waals surface area contributed by atoms with E-state index in [9.17, 15) is 23.6 Å². The van der Waals surface area contributed by atoms with Crippen molar-refractivity contribution >= 4 is 35.0 Å². The molecule has 42 heavy (non-hydrogen) atoms. The van der Waals surface area contributed by atoms with Crippen LogP contribution < -0.4 is 15.4 Å². The molecule has 1 aromatic carbocycles. The van der Waals surface area contributed by atoms with Gasteiger partial charge in [-0.05, 0) is 56.1 Å². The minimum Gasteiger partial charge on any atom is -0.493 e. The number of aromatic nitrogens is 1. The van der Waals surface area contributed by atoms with E-state index in [1.54, 1.807) is 26.3 Å². The lowest BCUT2D eigenvalue weighted by Crippen LogP contribution is -2.58. The van der Waals surface area contributed by atoms with Crippen LogP contribution in [0.25, 0.3) is 10.4 Å². The summed E-state index contributed by atoms with van der Waals surface area (Å²) < 4.78 is 20.4. The van der Waals surface area contributed by atoms with Gasteiger partial charge in [0.05, 0.1) is 22.7 Å². The van der Waals surface area contributed by atoms with Crippen LogP contribution in [0, 0.1) is 12.3 Å². The van der Waals surface area contributed by atoms with Crippen LogP contribution in [0.3, 0.4) is 0 Å². The molecule has 1 aromatic heterocycles. The molecule has 1 aliphatic heterocycles. The molecule has 0 spiro atoms. The van der Waals surface area contributed by atoms with E-state index in [1.165, 1.54) is 16.2 Å². The van der Waals surface area contributed by atoms with Gasteiger partial charge in [0.25, 0.3) is 5.91 Å². The van der Waals surface area contributed by atoms with E-state index in [4.69, 9.17) is 9.84 Å². The number of carboxylic acid groups (broad SMARTS) is 1. The summed E-state index contributed by atoms with van der Waals surface area (Å²) in [6.07, 6.45) is 1.70. The lowest BCUT2D eigenvalue weighted by molar-refractivity contribution is -0.144. The topological polar surface area (TPSA) is 138 Å². The molecule has 1 aliphatic carbocycles. The Bertz CT molecular complexity index is 1340. The first-order valence-corrected chi connectivity index (χ1v) is 15.1. The number of alkyl halides is 1. The molecule has 3 amide bonds. The third kappa shape index (κ3) is 7.45. The molecule has 0 bridgehead atoms. The Morgan fingerprint density at radius 2 is 2.00 bits per heavy atom. The SMILES string of the molecule is Cc1ncsc1-c1ccc(CNC(=O)[C@@H]2CCCN2C(=O)C(NC(=O)C2(F)CC2)C(C)(C)C)c(OCCCC(=O)O)c1. The van der Waals surface area contributed by atoms with Crippen LogP contribution in [-0.4, -0.2) is 69.6 Å². The molecule has 12 heteroatoms. The fraction of sp³-hybridized carbons (Fsp3) is 0.567. The van der Waals surface area contributed by atoms with Crippen LogP contribution in [-0.2, 0) is 25.7 Å². The second-order valence-electron chi connectivity index (χ2n) is 12.1. The van der Waals surface area contributed by atoms with Gasteiger partial charge in [0.15, 0.2) is 5.67 Å². The average molecular weight is 603 g/mol. The average Bonchev–Trinajstić information content (AvgIpc) is 3.30. The molecule has 1 saturated heterocycles. The van der Waals surface area contributed by atoms with Crippen LogP contribution in [0.5, 0.6) is 5.75 Å². The summed E-state index contributed by atoms with van der Waals surface area (Å²) in [5, 5.41) is 14.5. The van der Waals surface area contributed by atoms with E-state index in [0.29, 0.717) is 37.1 Å². The monoisotopic (exact) mass is 602 g/mol. The Hall–Kier alpha value is -3.54. The van der Waals surface area contributed by atoms with Crippen LogP contribution in [0.1, 0.15) is 70.6 Å². The number of nitrogens with one attached hydrogen (secondary N) is 2. The third-order valence-electron chi connectivity index (χ3n) is 7.64. The fourth-order valence-electron chi connectivity index (χ4n) is 4.98. The van der Waals surface area contributed by atoms with Crippen molar-refractivity contribution in [3.05, 3.63) is 35.0 Å². The maximum absolute atomic E-state index is 14.4. The maximum atomic E-state index is 14.4. The van der Waals surface area contributed by atoms with Gasteiger partial charge in [-0.1, -0.05) is 32.9 Å². The summed E-state index contributed by atoms with van der Waals surface area (Å²) in [5.41, 5.74) is 1.66. The number of carbonyl (C=O) groups excluding carboxylic acids is 3.